The van der Waals surface area contributed by atoms with E-state index in [1.54, 1.807) is 6.07 Å². The van der Waals surface area contributed by atoms with Crippen LogP contribution in [-0.2, 0) is 11.3 Å². The van der Waals surface area contributed by atoms with Gasteiger partial charge in [0.05, 0.1) is 6.61 Å². The van der Waals surface area contributed by atoms with E-state index in [1.807, 2.05) is 6.92 Å². The van der Waals surface area contributed by atoms with Crippen molar-refractivity contribution in [2.75, 3.05) is 6.61 Å². The summed E-state index contributed by atoms with van der Waals surface area (Å²) >= 11 is 0. The molecule has 1 aromatic carbocycles. The summed E-state index contributed by atoms with van der Waals surface area (Å²) in [4.78, 5) is 0. The molecule has 0 saturated heterocycles. The second kappa shape index (κ2) is 5.32. The third kappa shape index (κ3) is 3.30. The van der Waals surface area contributed by atoms with E-state index in [4.69, 9.17) is 4.74 Å². The zero-order chi connectivity index (χ0) is 12.3. The minimum absolute atomic E-state index is 0.254. The topological polar surface area (TPSA) is 21.3 Å². The van der Waals surface area contributed by atoms with Crippen molar-refractivity contribution in [2.45, 2.75) is 32.4 Å². The van der Waals surface area contributed by atoms with Crippen molar-refractivity contribution in [3.05, 3.63) is 41.7 Å². The first-order chi connectivity index (χ1) is 8.20. The fourth-order valence-corrected chi connectivity index (χ4v) is 1.76. The molecule has 0 aromatic heterocycles. The maximum absolute atomic E-state index is 13.2. The summed E-state index contributed by atoms with van der Waals surface area (Å²) in [5, 5.41) is 3.41. The summed E-state index contributed by atoms with van der Waals surface area (Å²) < 4.78 is 18.6. The van der Waals surface area contributed by atoms with Crippen LogP contribution >= 0.6 is 0 Å². The molecule has 2 rings (SSSR count). The first-order valence-corrected chi connectivity index (χ1v) is 6.04. The Balaban J connectivity index is 2.13. The maximum Gasteiger partial charge on any atom is 0.123 e. The number of ether oxygens (including phenoxy) is 1. The van der Waals surface area contributed by atoms with Gasteiger partial charge in [0.1, 0.15) is 11.6 Å². The standard InChI is InChI=1S/C14H18FNO/c1-3-17-10(2)14-8-12(15)5-4-11(14)9-16-13-6-7-13/h4-5,8,13,16H,2-3,6-7,9H2,1H3. The number of nitrogens with one attached hydrogen (secondary N) is 1. The van der Waals surface area contributed by atoms with Crippen LogP contribution in [0.2, 0.25) is 0 Å². The Hall–Kier alpha value is -1.35. The number of hydrogen-bond donors (Lipinski definition) is 1. The monoisotopic (exact) mass is 235 g/mol. The van der Waals surface area contributed by atoms with Gasteiger partial charge in [-0.2, -0.15) is 0 Å². The lowest BCUT2D eigenvalue weighted by molar-refractivity contribution is 0.298. The third-order valence-corrected chi connectivity index (χ3v) is 2.85. The highest BCUT2D eigenvalue weighted by Gasteiger charge is 2.20. The molecular weight excluding hydrogens is 217 g/mol. The van der Waals surface area contributed by atoms with E-state index in [1.165, 1.54) is 25.0 Å². The van der Waals surface area contributed by atoms with Crippen LogP contribution in [0.5, 0.6) is 0 Å². The molecule has 17 heavy (non-hydrogen) atoms. The van der Waals surface area contributed by atoms with Gasteiger partial charge < -0.3 is 10.1 Å². The Bertz CT molecular complexity index is 413. The molecular formula is C14H18FNO. The van der Waals surface area contributed by atoms with Crippen LogP contribution in [0, 0.1) is 5.82 Å². The molecule has 3 heteroatoms. The lowest BCUT2D eigenvalue weighted by atomic mass is 10.1. The maximum atomic E-state index is 13.2. The first-order valence-electron chi connectivity index (χ1n) is 6.04. The van der Waals surface area contributed by atoms with Gasteiger partial charge in [0, 0.05) is 18.2 Å². The number of benzene rings is 1. The Kier molecular flexibility index (Phi) is 3.79. The van der Waals surface area contributed by atoms with Crippen molar-refractivity contribution in [1.29, 1.82) is 0 Å². The van der Waals surface area contributed by atoms with Crippen molar-refractivity contribution in [3.8, 4) is 0 Å². The molecule has 0 aliphatic heterocycles. The first kappa shape index (κ1) is 12.1. The molecule has 2 nitrogen and oxygen atoms in total. The summed E-state index contributed by atoms with van der Waals surface area (Å²) in [6, 6.07) is 5.40. The molecule has 0 radical (unpaired) electrons. The van der Waals surface area contributed by atoms with Crippen molar-refractivity contribution >= 4 is 5.76 Å². The highest BCUT2D eigenvalue weighted by molar-refractivity contribution is 5.61. The number of rotatable bonds is 6. The smallest absolute Gasteiger partial charge is 0.123 e. The van der Waals surface area contributed by atoms with Crippen LogP contribution < -0.4 is 5.32 Å². The normalized spacial score (nSPS) is 14.7. The lowest BCUT2D eigenvalue weighted by Crippen LogP contribution is -2.16. The van der Waals surface area contributed by atoms with Gasteiger partial charge in [-0.1, -0.05) is 12.6 Å². The fraction of sp³-hybridized carbons (Fsp3) is 0.429. The van der Waals surface area contributed by atoms with Crippen molar-refractivity contribution in [2.24, 2.45) is 0 Å². The van der Waals surface area contributed by atoms with E-state index in [9.17, 15) is 4.39 Å². The highest BCUT2D eigenvalue weighted by Crippen LogP contribution is 2.23. The molecule has 0 atom stereocenters. The van der Waals surface area contributed by atoms with E-state index in [-0.39, 0.29) is 5.82 Å². The fourth-order valence-electron chi connectivity index (χ4n) is 1.76. The van der Waals surface area contributed by atoms with Gasteiger partial charge in [0.15, 0.2) is 0 Å². The predicted molar refractivity (Wildman–Crippen MR) is 66.9 cm³/mol. The summed E-state index contributed by atoms with van der Waals surface area (Å²) in [6.07, 6.45) is 2.48. The summed E-state index contributed by atoms with van der Waals surface area (Å²) in [6.45, 7) is 7.03. The minimum atomic E-state index is -0.254. The average Bonchev–Trinajstić information content (AvgIpc) is 3.11. The van der Waals surface area contributed by atoms with Gasteiger partial charge in [-0.15, -0.1) is 0 Å². The van der Waals surface area contributed by atoms with Crippen molar-refractivity contribution < 1.29 is 9.13 Å². The summed E-state index contributed by atoms with van der Waals surface area (Å²) in [5.74, 6) is 0.288. The summed E-state index contributed by atoms with van der Waals surface area (Å²) in [7, 11) is 0. The molecule has 1 aromatic rings. The van der Waals surface area contributed by atoms with Gasteiger partial charge in [0.25, 0.3) is 0 Å². The lowest BCUT2D eigenvalue weighted by Gasteiger charge is -2.13. The number of halogens is 1. The Labute approximate surface area is 101 Å². The molecule has 92 valence electrons. The van der Waals surface area contributed by atoms with E-state index in [2.05, 4.69) is 11.9 Å². The van der Waals surface area contributed by atoms with E-state index in [0.717, 1.165) is 17.7 Å². The van der Waals surface area contributed by atoms with E-state index < -0.39 is 0 Å². The van der Waals surface area contributed by atoms with Gasteiger partial charge >= 0.3 is 0 Å². The van der Waals surface area contributed by atoms with Crippen molar-refractivity contribution in [1.82, 2.24) is 5.32 Å². The largest absolute Gasteiger partial charge is 0.494 e. The van der Waals surface area contributed by atoms with Crippen LogP contribution in [-0.4, -0.2) is 12.6 Å². The third-order valence-electron chi connectivity index (χ3n) is 2.85. The van der Waals surface area contributed by atoms with Crippen LogP contribution in [0.1, 0.15) is 30.9 Å². The molecule has 1 N–H and O–H groups in total. The van der Waals surface area contributed by atoms with Gasteiger partial charge in [-0.3, -0.25) is 0 Å². The Morgan fingerprint density at radius 1 is 1.53 bits per heavy atom. The van der Waals surface area contributed by atoms with Crippen LogP contribution in [0.15, 0.2) is 24.8 Å². The van der Waals surface area contributed by atoms with E-state index in [0.29, 0.717) is 18.4 Å². The van der Waals surface area contributed by atoms with Crippen LogP contribution in [0.4, 0.5) is 4.39 Å². The highest BCUT2D eigenvalue weighted by atomic mass is 19.1. The Morgan fingerprint density at radius 3 is 2.94 bits per heavy atom. The quantitative estimate of drug-likeness (QED) is 0.765. The second-order valence-corrected chi connectivity index (χ2v) is 4.31. The molecule has 0 heterocycles. The van der Waals surface area contributed by atoms with Crippen LogP contribution in [0.3, 0.4) is 0 Å². The molecule has 1 aliphatic rings. The van der Waals surface area contributed by atoms with Crippen molar-refractivity contribution in [3.63, 3.8) is 0 Å². The average molecular weight is 235 g/mol. The van der Waals surface area contributed by atoms with Crippen LogP contribution in [0.25, 0.3) is 5.76 Å². The molecule has 0 unspecified atom stereocenters. The number of hydrogen-bond acceptors (Lipinski definition) is 2. The van der Waals surface area contributed by atoms with Gasteiger partial charge in [-0.05, 0) is 37.5 Å². The minimum Gasteiger partial charge on any atom is -0.494 e. The zero-order valence-electron chi connectivity index (χ0n) is 10.1. The molecule has 0 spiro atoms. The molecule has 0 bridgehead atoms. The van der Waals surface area contributed by atoms with Gasteiger partial charge in [-0.25, -0.2) is 4.39 Å². The zero-order valence-corrected chi connectivity index (χ0v) is 10.1. The molecule has 0 amide bonds. The molecule has 1 saturated carbocycles. The summed E-state index contributed by atoms with van der Waals surface area (Å²) in [5.41, 5.74) is 1.80. The van der Waals surface area contributed by atoms with E-state index >= 15 is 0 Å². The molecule has 1 aliphatic carbocycles. The Morgan fingerprint density at radius 2 is 2.29 bits per heavy atom. The second-order valence-electron chi connectivity index (χ2n) is 4.31. The van der Waals surface area contributed by atoms with Gasteiger partial charge in [0.2, 0.25) is 0 Å². The SMILES string of the molecule is C=C(OCC)c1cc(F)ccc1CNC1CC1. The predicted octanol–water partition coefficient (Wildman–Crippen LogP) is 3.08. The molecule has 1 fully saturated rings.